The predicted octanol–water partition coefficient (Wildman–Crippen LogP) is 1.68. The first-order valence-electron chi connectivity index (χ1n) is 6.39. The summed E-state index contributed by atoms with van der Waals surface area (Å²) < 4.78 is 26.0. The molecule has 0 bridgehead atoms. The Bertz CT molecular complexity index is 298. The van der Waals surface area contributed by atoms with Crippen LogP contribution in [0.5, 0.6) is 0 Å². The van der Waals surface area contributed by atoms with Crippen LogP contribution in [-0.4, -0.2) is 43.6 Å². The lowest BCUT2D eigenvalue weighted by Crippen LogP contribution is -2.43. The summed E-state index contributed by atoms with van der Waals surface area (Å²) in [6.07, 6.45) is 0. The van der Waals surface area contributed by atoms with Crippen LogP contribution in [0.2, 0.25) is 0 Å². The molecule has 0 spiro atoms. The monoisotopic (exact) mass is 264 g/mol. The van der Waals surface area contributed by atoms with Crippen molar-refractivity contribution in [2.24, 2.45) is 5.92 Å². The van der Waals surface area contributed by atoms with E-state index in [9.17, 15) is 8.42 Å². The van der Waals surface area contributed by atoms with Crippen molar-refractivity contribution in [1.29, 1.82) is 0 Å². The van der Waals surface area contributed by atoms with Gasteiger partial charge in [-0.15, -0.1) is 0 Å². The smallest absolute Gasteiger partial charge is 0.215 e. The number of rotatable bonds is 8. The molecular weight excluding hydrogens is 236 g/mol. The topological polar surface area (TPSA) is 49.4 Å². The molecule has 0 rings (SSSR count). The van der Waals surface area contributed by atoms with Crippen molar-refractivity contribution in [2.75, 3.05) is 18.8 Å². The number of nitrogens with zero attached hydrogens (tertiary/aromatic N) is 1. The Hall–Kier alpha value is -0.130. The van der Waals surface area contributed by atoms with Crippen LogP contribution in [0.1, 0.15) is 41.5 Å². The molecule has 4 nitrogen and oxygen atoms in total. The minimum absolute atomic E-state index is 0.0291. The van der Waals surface area contributed by atoms with E-state index in [0.717, 1.165) is 0 Å². The minimum atomic E-state index is -3.14. The number of sulfonamides is 1. The molecule has 0 fully saturated rings. The molecule has 0 radical (unpaired) electrons. The summed E-state index contributed by atoms with van der Waals surface area (Å²) in [6.45, 7) is 13.1. The zero-order valence-corrected chi connectivity index (χ0v) is 12.8. The maximum absolute atomic E-state index is 12.2. The zero-order valence-electron chi connectivity index (χ0n) is 12.0. The highest BCUT2D eigenvalue weighted by Gasteiger charge is 2.25. The highest BCUT2D eigenvalue weighted by atomic mass is 32.2. The summed E-state index contributed by atoms with van der Waals surface area (Å²) in [5.41, 5.74) is 0. The summed E-state index contributed by atoms with van der Waals surface area (Å²) in [7, 11) is -3.14. The molecule has 0 atom stereocenters. The third-order valence-electron chi connectivity index (χ3n) is 2.39. The number of hydrogen-bond acceptors (Lipinski definition) is 3. The maximum Gasteiger partial charge on any atom is 0.215 e. The van der Waals surface area contributed by atoms with Crippen molar-refractivity contribution < 1.29 is 8.42 Å². The second-order valence-corrected chi connectivity index (χ2v) is 7.52. The van der Waals surface area contributed by atoms with Crippen LogP contribution in [0.4, 0.5) is 0 Å². The molecule has 0 unspecified atom stereocenters. The van der Waals surface area contributed by atoms with Crippen molar-refractivity contribution in [3.05, 3.63) is 0 Å². The van der Waals surface area contributed by atoms with Gasteiger partial charge >= 0.3 is 0 Å². The van der Waals surface area contributed by atoms with E-state index in [1.807, 2.05) is 41.5 Å². The third kappa shape index (κ3) is 7.01. The molecule has 0 aliphatic carbocycles. The Balaban J connectivity index is 4.51. The molecule has 1 N–H and O–H groups in total. The van der Waals surface area contributed by atoms with Crippen LogP contribution in [0.25, 0.3) is 0 Å². The van der Waals surface area contributed by atoms with Gasteiger partial charge in [-0.1, -0.05) is 27.7 Å². The molecule has 17 heavy (non-hydrogen) atoms. The van der Waals surface area contributed by atoms with Gasteiger partial charge in [-0.2, -0.15) is 4.31 Å². The van der Waals surface area contributed by atoms with Gasteiger partial charge in [0.25, 0.3) is 0 Å². The Morgan fingerprint density at radius 3 is 1.94 bits per heavy atom. The summed E-state index contributed by atoms with van der Waals surface area (Å²) >= 11 is 0. The zero-order chi connectivity index (χ0) is 13.6. The van der Waals surface area contributed by atoms with Crippen molar-refractivity contribution in [3.63, 3.8) is 0 Å². The molecule has 0 aromatic carbocycles. The quantitative estimate of drug-likeness (QED) is 0.725. The van der Waals surface area contributed by atoms with Gasteiger partial charge < -0.3 is 5.32 Å². The van der Waals surface area contributed by atoms with E-state index >= 15 is 0 Å². The van der Waals surface area contributed by atoms with Crippen LogP contribution in [-0.2, 0) is 10.0 Å². The molecule has 0 aromatic rings. The largest absolute Gasteiger partial charge is 0.313 e. The van der Waals surface area contributed by atoms with Crippen LogP contribution in [0.15, 0.2) is 0 Å². The normalized spacial score (nSPS) is 13.3. The average Bonchev–Trinajstić information content (AvgIpc) is 2.12. The molecular formula is C12H28N2O2S. The van der Waals surface area contributed by atoms with Crippen LogP contribution >= 0.6 is 0 Å². The van der Waals surface area contributed by atoms with Crippen molar-refractivity contribution in [3.8, 4) is 0 Å². The Morgan fingerprint density at radius 2 is 1.59 bits per heavy atom. The summed E-state index contributed by atoms with van der Waals surface area (Å²) in [5.74, 6) is 0.529. The van der Waals surface area contributed by atoms with E-state index in [1.54, 1.807) is 4.31 Å². The molecule has 5 heteroatoms. The summed E-state index contributed by atoms with van der Waals surface area (Å²) in [5, 5.41) is 3.14. The molecule has 0 saturated heterocycles. The Labute approximate surface area is 107 Å². The van der Waals surface area contributed by atoms with E-state index in [2.05, 4.69) is 5.32 Å². The van der Waals surface area contributed by atoms with Gasteiger partial charge in [-0.25, -0.2) is 8.42 Å². The second-order valence-electron chi connectivity index (χ2n) is 5.48. The second kappa shape index (κ2) is 7.34. The lowest BCUT2D eigenvalue weighted by atomic mass is 10.2. The highest BCUT2D eigenvalue weighted by molar-refractivity contribution is 7.89. The fourth-order valence-electron chi connectivity index (χ4n) is 1.60. The van der Waals surface area contributed by atoms with E-state index in [-0.39, 0.29) is 11.8 Å². The van der Waals surface area contributed by atoms with Gasteiger partial charge in [-0.3, -0.25) is 0 Å². The Kier molecular flexibility index (Phi) is 7.28. The van der Waals surface area contributed by atoms with Gasteiger partial charge in [-0.05, 0) is 19.8 Å². The standard InChI is InChI=1S/C12H28N2O2S/c1-10(2)9-14(12(5)6)17(15,16)8-7-13-11(3)4/h10-13H,7-9H2,1-6H3. The fourth-order valence-corrected chi connectivity index (χ4v) is 3.38. The van der Waals surface area contributed by atoms with Gasteiger partial charge in [0.15, 0.2) is 0 Å². The first-order valence-corrected chi connectivity index (χ1v) is 8.00. The fraction of sp³-hybridized carbons (Fsp3) is 1.00. The molecule has 0 heterocycles. The third-order valence-corrected chi connectivity index (χ3v) is 4.40. The van der Waals surface area contributed by atoms with Gasteiger partial charge in [0.2, 0.25) is 10.0 Å². The summed E-state index contributed by atoms with van der Waals surface area (Å²) in [4.78, 5) is 0. The lowest BCUT2D eigenvalue weighted by molar-refractivity contribution is 0.318. The van der Waals surface area contributed by atoms with E-state index in [0.29, 0.717) is 25.0 Å². The molecule has 0 aromatic heterocycles. The minimum Gasteiger partial charge on any atom is -0.313 e. The van der Waals surface area contributed by atoms with Crippen LogP contribution in [0.3, 0.4) is 0 Å². The van der Waals surface area contributed by atoms with E-state index in [4.69, 9.17) is 0 Å². The number of nitrogens with one attached hydrogen (secondary N) is 1. The average molecular weight is 264 g/mol. The van der Waals surface area contributed by atoms with Crippen LogP contribution in [0, 0.1) is 5.92 Å². The van der Waals surface area contributed by atoms with Gasteiger partial charge in [0.05, 0.1) is 5.75 Å². The van der Waals surface area contributed by atoms with Gasteiger partial charge in [0, 0.05) is 25.2 Å². The van der Waals surface area contributed by atoms with Gasteiger partial charge in [0.1, 0.15) is 0 Å². The number of hydrogen-bond donors (Lipinski definition) is 1. The first kappa shape index (κ1) is 16.9. The SMILES string of the molecule is CC(C)CN(C(C)C)S(=O)(=O)CCNC(C)C. The maximum atomic E-state index is 12.2. The van der Waals surface area contributed by atoms with Crippen LogP contribution < -0.4 is 5.32 Å². The molecule has 0 saturated carbocycles. The summed E-state index contributed by atoms with van der Waals surface area (Å²) in [6, 6.07) is 0.351. The van der Waals surface area contributed by atoms with Crippen molar-refractivity contribution in [2.45, 2.75) is 53.6 Å². The first-order chi connectivity index (χ1) is 7.66. The van der Waals surface area contributed by atoms with E-state index in [1.165, 1.54) is 0 Å². The lowest BCUT2D eigenvalue weighted by Gasteiger charge is -2.27. The van der Waals surface area contributed by atoms with E-state index < -0.39 is 10.0 Å². The van der Waals surface area contributed by atoms with Crippen molar-refractivity contribution in [1.82, 2.24) is 9.62 Å². The Morgan fingerprint density at radius 1 is 1.06 bits per heavy atom. The molecule has 104 valence electrons. The molecule has 0 aliphatic rings. The highest BCUT2D eigenvalue weighted by Crippen LogP contribution is 2.10. The predicted molar refractivity (Wildman–Crippen MR) is 73.6 cm³/mol. The van der Waals surface area contributed by atoms with Crippen molar-refractivity contribution >= 4 is 10.0 Å². The molecule has 0 aliphatic heterocycles. The molecule has 0 amide bonds.